The van der Waals surface area contributed by atoms with Crippen LogP contribution in [0.1, 0.15) is 53.6 Å². The summed E-state index contributed by atoms with van der Waals surface area (Å²) in [6.07, 6.45) is 2.98. The molecule has 0 aliphatic heterocycles. The van der Waals surface area contributed by atoms with Crippen LogP contribution in [0.15, 0.2) is 58.5 Å². The number of hydrogen-bond acceptors (Lipinski definition) is 5. The van der Waals surface area contributed by atoms with Crippen molar-refractivity contribution in [3.8, 4) is 5.69 Å². The predicted octanol–water partition coefficient (Wildman–Crippen LogP) is 7.54. The number of fused-ring (bicyclic) bond motifs is 3. The number of aromatic nitrogens is 2. The third-order valence-corrected chi connectivity index (χ3v) is 9.37. The number of carbonyl (C=O) groups is 1. The normalized spacial score (nSPS) is 15.8. The third kappa shape index (κ3) is 4.91. The molecular formula is C29H29ClN2O2S2. The molecule has 7 heteroatoms. The van der Waals surface area contributed by atoms with Crippen molar-refractivity contribution in [1.82, 2.24) is 9.55 Å². The standard InChI is InChI=1S/C29H29ClN2O2S2/c1-17-6-5-7-21(14-17)32-27(34)25-22-13-10-19(29(2,3)4)15-24(22)36-26(25)31-28(32)35-16-23(33)18-8-11-20(30)12-9-18/h5-9,11-12,14,19H,10,13,15-16H2,1-4H3/t19-/m0/s1. The van der Waals surface area contributed by atoms with Crippen LogP contribution >= 0.6 is 34.7 Å². The summed E-state index contributed by atoms with van der Waals surface area (Å²) in [5.74, 6) is 0.742. The van der Waals surface area contributed by atoms with Crippen LogP contribution in [-0.4, -0.2) is 21.1 Å². The molecule has 5 rings (SSSR count). The van der Waals surface area contributed by atoms with Gasteiger partial charge in [0.05, 0.1) is 16.8 Å². The molecule has 36 heavy (non-hydrogen) atoms. The second-order valence-electron chi connectivity index (χ2n) is 10.6. The minimum absolute atomic E-state index is 0.0275. The Kier molecular flexibility index (Phi) is 6.88. The fourth-order valence-electron chi connectivity index (χ4n) is 4.89. The Labute approximate surface area is 224 Å². The zero-order valence-electron chi connectivity index (χ0n) is 20.9. The molecular weight excluding hydrogens is 508 g/mol. The highest BCUT2D eigenvalue weighted by Crippen LogP contribution is 2.42. The lowest BCUT2D eigenvalue weighted by molar-refractivity contribution is 0.102. The van der Waals surface area contributed by atoms with E-state index < -0.39 is 0 Å². The van der Waals surface area contributed by atoms with Crippen molar-refractivity contribution < 1.29 is 4.79 Å². The Morgan fingerprint density at radius 2 is 1.94 bits per heavy atom. The maximum absolute atomic E-state index is 14.0. The molecule has 0 radical (unpaired) electrons. The number of aryl methyl sites for hydroxylation is 2. The van der Waals surface area contributed by atoms with E-state index in [0.717, 1.165) is 40.7 Å². The van der Waals surface area contributed by atoms with Gasteiger partial charge in [0.15, 0.2) is 10.9 Å². The molecule has 2 aromatic heterocycles. The summed E-state index contributed by atoms with van der Waals surface area (Å²) in [5, 5.41) is 1.89. The van der Waals surface area contributed by atoms with Gasteiger partial charge in [-0.15, -0.1) is 11.3 Å². The molecule has 2 heterocycles. The average Bonchev–Trinajstić information content (AvgIpc) is 3.20. The summed E-state index contributed by atoms with van der Waals surface area (Å²) in [4.78, 5) is 34.0. The molecule has 0 unspecified atom stereocenters. The van der Waals surface area contributed by atoms with Crippen molar-refractivity contribution in [2.45, 2.75) is 52.1 Å². The van der Waals surface area contributed by atoms with Crippen molar-refractivity contribution in [3.63, 3.8) is 0 Å². The first-order valence-electron chi connectivity index (χ1n) is 12.2. The van der Waals surface area contributed by atoms with Crippen LogP contribution in [0, 0.1) is 18.3 Å². The summed E-state index contributed by atoms with van der Waals surface area (Å²) in [6.45, 7) is 8.90. The van der Waals surface area contributed by atoms with Crippen LogP contribution in [0.2, 0.25) is 5.02 Å². The molecule has 0 saturated carbocycles. The molecule has 0 fully saturated rings. The van der Waals surface area contributed by atoms with E-state index in [0.29, 0.717) is 21.7 Å². The van der Waals surface area contributed by atoms with Crippen LogP contribution in [0.4, 0.5) is 0 Å². The van der Waals surface area contributed by atoms with Gasteiger partial charge in [-0.05, 0) is 85.0 Å². The highest BCUT2D eigenvalue weighted by molar-refractivity contribution is 7.99. The second kappa shape index (κ2) is 9.81. The first-order chi connectivity index (χ1) is 17.1. The maximum Gasteiger partial charge on any atom is 0.267 e. The van der Waals surface area contributed by atoms with Gasteiger partial charge in [0.2, 0.25) is 0 Å². The molecule has 0 bridgehead atoms. The fraction of sp³-hybridized carbons (Fsp3) is 0.345. The van der Waals surface area contributed by atoms with Crippen molar-refractivity contribution in [1.29, 1.82) is 0 Å². The minimum atomic E-state index is -0.0428. The summed E-state index contributed by atoms with van der Waals surface area (Å²) in [5.41, 5.74) is 3.79. The van der Waals surface area contributed by atoms with E-state index in [9.17, 15) is 9.59 Å². The monoisotopic (exact) mass is 536 g/mol. The number of Topliss-reactive ketones (excluding diaryl/α,β-unsaturated/α-hetero) is 1. The quantitative estimate of drug-likeness (QED) is 0.150. The third-order valence-electron chi connectivity index (χ3n) is 7.04. The lowest BCUT2D eigenvalue weighted by atomic mass is 9.72. The van der Waals surface area contributed by atoms with E-state index in [1.165, 1.54) is 22.2 Å². The number of halogens is 1. The zero-order valence-corrected chi connectivity index (χ0v) is 23.3. The van der Waals surface area contributed by atoms with Gasteiger partial charge in [0, 0.05) is 15.5 Å². The van der Waals surface area contributed by atoms with E-state index in [4.69, 9.17) is 16.6 Å². The molecule has 2 aromatic carbocycles. The highest BCUT2D eigenvalue weighted by Gasteiger charge is 2.32. The SMILES string of the molecule is Cc1cccc(-n2c(SCC(=O)c3ccc(Cl)cc3)nc3sc4c(c3c2=O)CC[C@H](C(C)(C)C)C4)c1. The summed E-state index contributed by atoms with van der Waals surface area (Å²) in [6, 6.07) is 14.8. The first-order valence-corrected chi connectivity index (χ1v) is 14.4. The lowest BCUT2D eigenvalue weighted by Gasteiger charge is -2.33. The number of rotatable bonds is 5. The Bertz CT molecular complexity index is 1510. The number of thioether (sulfide) groups is 1. The molecule has 0 N–H and O–H groups in total. The van der Waals surface area contributed by atoms with Crippen LogP contribution in [0.5, 0.6) is 0 Å². The molecule has 0 saturated heterocycles. The van der Waals surface area contributed by atoms with Gasteiger partial charge in [0.25, 0.3) is 5.56 Å². The molecule has 0 amide bonds. The van der Waals surface area contributed by atoms with Gasteiger partial charge in [-0.2, -0.15) is 0 Å². The number of thiophene rings is 1. The Balaban J connectivity index is 1.59. The average molecular weight is 537 g/mol. The zero-order chi connectivity index (χ0) is 25.6. The van der Waals surface area contributed by atoms with Crippen molar-refractivity contribution in [2.75, 3.05) is 5.75 Å². The van der Waals surface area contributed by atoms with Gasteiger partial charge in [-0.25, -0.2) is 4.98 Å². The van der Waals surface area contributed by atoms with E-state index in [1.54, 1.807) is 40.2 Å². The molecule has 1 aliphatic carbocycles. The second-order valence-corrected chi connectivity index (χ2v) is 13.0. The van der Waals surface area contributed by atoms with Crippen molar-refractivity contribution in [3.05, 3.63) is 85.5 Å². The Hall–Kier alpha value is -2.41. The topological polar surface area (TPSA) is 52.0 Å². The largest absolute Gasteiger partial charge is 0.293 e. The summed E-state index contributed by atoms with van der Waals surface area (Å²) >= 11 is 8.94. The van der Waals surface area contributed by atoms with Crippen LogP contribution in [0.25, 0.3) is 15.9 Å². The number of carbonyl (C=O) groups excluding carboxylic acids is 1. The number of hydrogen-bond donors (Lipinski definition) is 0. The number of benzene rings is 2. The van der Waals surface area contributed by atoms with Crippen LogP contribution in [0.3, 0.4) is 0 Å². The minimum Gasteiger partial charge on any atom is -0.293 e. The molecule has 1 aliphatic rings. The highest BCUT2D eigenvalue weighted by atomic mass is 35.5. The summed E-state index contributed by atoms with van der Waals surface area (Å²) in [7, 11) is 0. The van der Waals surface area contributed by atoms with Crippen molar-refractivity contribution in [2.24, 2.45) is 11.3 Å². The number of ketones is 1. The van der Waals surface area contributed by atoms with E-state index in [1.807, 2.05) is 31.2 Å². The van der Waals surface area contributed by atoms with Crippen LogP contribution in [-0.2, 0) is 12.8 Å². The summed E-state index contributed by atoms with van der Waals surface area (Å²) < 4.78 is 1.69. The van der Waals surface area contributed by atoms with Gasteiger partial charge in [-0.1, -0.05) is 56.3 Å². The molecule has 4 aromatic rings. The number of nitrogens with zero attached hydrogens (tertiary/aromatic N) is 2. The molecule has 1 atom stereocenters. The van der Waals surface area contributed by atoms with E-state index in [2.05, 4.69) is 20.8 Å². The lowest BCUT2D eigenvalue weighted by Crippen LogP contribution is -2.27. The van der Waals surface area contributed by atoms with E-state index >= 15 is 0 Å². The molecule has 4 nitrogen and oxygen atoms in total. The molecule has 186 valence electrons. The smallest absolute Gasteiger partial charge is 0.267 e. The fourth-order valence-corrected chi connectivity index (χ4v) is 7.26. The Morgan fingerprint density at radius 1 is 1.19 bits per heavy atom. The van der Waals surface area contributed by atoms with Crippen LogP contribution < -0.4 is 5.56 Å². The van der Waals surface area contributed by atoms with Gasteiger partial charge >= 0.3 is 0 Å². The van der Waals surface area contributed by atoms with Gasteiger partial charge < -0.3 is 0 Å². The maximum atomic E-state index is 14.0. The predicted molar refractivity (Wildman–Crippen MR) is 151 cm³/mol. The Morgan fingerprint density at radius 3 is 2.64 bits per heavy atom. The van der Waals surface area contributed by atoms with Gasteiger partial charge in [0.1, 0.15) is 4.83 Å². The van der Waals surface area contributed by atoms with Crippen molar-refractivity contribution >= 4 is 50.7 Å². The van der Waals surface area contributed by atoms with E-state index in [-0.39, 0.29) is 22.5 Å². The van der Waals surface area contributed by atoms with Gasteiger partial charge in [-0.3, -0.25) is 14.2 Å². The molecule has 0 spiro atoms. The first kappa shape index (κ1) is 25.2.